The fraction of sp³-hybridized carbons (Fsp3) is 0.286. The van der Waals surface area contributed by atoms with E-state index in [0.717, 1.165) is 5.56 Å². The van der Waals surface area contributed by atoms with Gasteiger partial charge in [-0.1, -0.05) is 30.3 Å². The molecule has 5 heteroatoms. The third kappa shape index (κ3) is 5.19. The Morgan fingerprint density at radius 1 is 1.53 bits per heavy atom. The van der Waals surface area contributed by atoms with E-state index in [9.17, 15) is 4.21 Å². The van der Waals surface area contributed by atoms with E-state index in [1.165, 1.54) is 6.26 Å². The molecule has 0 aromatic heterocycles. The smallest absolute Gasteiger partial charge is 0.152 e. The van der Waals surface area contributed by atoms with Crippen LogP contribution in [0.4, 0.5) is 0 Å². The van der Waals surface area contributed by atoms with Crippen LogP contribution >= 0.6 is 11.6 Å². The fourth-order valence-electron chi connectivity index (χ4n) is 1.45. The summed E-state index contributed by atoms with van der Waals surface area (Å²) in [6, 6.07) is 7.32. The first-order chi connectivity index (χ1) is 8.93. The molecule has 2 atom stereocenters. The van der Waals surface area contributed by atoms with E-state index in [4.69, 9.17) is 20.5 Å². The minimum absolute atomic E-state index is 0.352. The van der Waals surface area contributed by atoms with E-state index in [1.807, 2.05) is 12.1 Å². The molecule has 0 radical (unpaired) electrons. The van der Waals surface area contributed by atoms with Gasteiger partial charge in [-0.25, -0.2) is 4.21 Å². The molecule has 1 aromatic carbocycles. The largest absolute Gasteiger partial charge is 0.496 e. The monoisotopic (exact) mass is 300 g/mol. The van der Waals surface area contributed by atoms with Gasteiger partial charge < -0.3 is 4.74 Å². The van der Waals surface area contributed by atoms with Gasteiger partial charge in [0.05, 0.1) is 13.2 Å². The molecule has 0 heterocycles. The third-order valence-electron chi connectivity index (χ3n) is 2.45. The maximum absolute atomic E-state index is 11.0. The van der Waals surface area contributed by atoms with E-state index in [-0.39, 0.29) is 6.10 Å². The Hall–Kier alpha value is -1.10. The Labute approximate surface area is 121 Å². The molecule has 0 spiro atoms. The van der Waals surface area contributed by atoms with Crippen LogP contribution in [0.25, 0.3) is 5.76 Å². The lowest BCUT2D eigenvalue weighted by molar-refractivity contribution is 0.291. The highest BCUT2D eigenvalue weighted by molar-refractivity contribution is 7.79. The lowest BCUT2D eigenvalue weighted by atomic mass is 10.1. The second-order valence-corrected chi connectivity index (χ2v) is 5.37. The molecule has 0 aliphatic heterocycles. The van der Waals surface area contributed by atoms with E-state index in [0.29, 0.717) is 16.4 Å². The number of hydrogen-bond acceptors (Lipinski definition) is 3. The van der Waals surface area contributed by atoms with Crippen molar-refractivity contribution in [2.45, 2.75) is 13.0 Å². The fourth-order valence-corrected chi connectivity index (χ4v) is 2.17. The lowest BCUT2D eigenvalue weighted by Crippen LogP contribution is -2.11. The lowest BCUT2D eigenvalue weighted by Gasteiger charge is -2.13. The Bertz CT molecular complexity index is 511. The first kappa shape index (κ1) is 16.0. The summed E-state index contributed by atoms with van der Waals surface area (Å²) in [5.74, 6) is 0.629. The summed E-state index contributed by atoms with van der Waals surface area (Å²) in [6.45, 7) is 5.68. The van der Waals surface area contributed by atoms with Crippen LogP contribution in [0.15, 0.2) is 42.5 Å². The van der Waals surface area contributed by atoms with Gasteiger partial charge in [-0.3, -0.25) is 4.18 Å². The average molecular weight is 301 g/mol. The van der Waals surface area contributed by atoms with Crippen molar-refractivity contribution in [3.8, 4) is 0 Å². The van der Waals surface area contributed by atoms with E-state index in [2.05, 4.69) is 6.58 Å². The van der Waals surface area contributed by atoms with Gasteiger partial charge in [-0.15, -0.1) is 0 Å². The molecule has 0 bridgehead atoms. The Kier molecular flexibility index (Phi) is 6.28. The van der Waals surface area contributed by atoms with Gasteiger partial charge >= 0.3 is 0 Å². The van der Waals surface area contributed by atoms with Crippen molar-refractivity contribution >= 4 is 28.4 Å². The maximum Gasteiger partial charge on any atom is 0.152 e. The molecule has 2 unspecified atom stereocenters. The summed E-state index contributed by atoms with van der Waals surface area (Å²) in [5.41, 5.74) is 1.52. The van der Waals surface area contributed by atoms with Crippen molar-refractivity contribution in [2.75, 3.05) is 13.4 Å². The molecule has 1 aromatic rings. The van der Waals surface area contributed by atoms with Gasteiger partial charge in [0.1, 0.15) is 5.76 Å². The zero-order chi connectivity index (χ0) is 14.4. The molecular weight excluding hydrogens is 284 g/mol. The number of benzene rings is 1. The summed E-state index contributed by atoms with van der Waals surface area (Å²) < 4.78 is 21.5. The molecule has 0 amide bonds. The Morgan fingerprint density at radius 3 is 2.74 bits per heavy atom. The van der Waals surface area contributed by atoms with Crippen molar-refractivity contribution < 1.29 is 13.1 Å². The standard InChI is InChI=1S/C14H17ClO3S/c1-10(11(2)18-19(4)16)8-14(17-3)12-6-5-7-13(15)9-12/h5-9,11H,1H2,2-4H3/b14-8-. The van der Waals surface area contributed by atoms with Crippen LogP contribution in [-0.2, 0) is 20.0 Å². The number of ether oxygens (including phenoxy) is 1. The highest BCUT2D eigenvalue weighted by Gasteiger charge is 2.10. The number of rotatable bonds is 6. The molecule has 0 fully saturated rings. The SMILES string of the molecule is C=C(/C=C(\OC)c1cccc(Cl)c1)C(C)OS(C)=O. The molecular formula is C14H17ClO3S. The summed E-state index contributed by atoms with van der Waals surface area (Å²) in [5, 5.41) is 0.630. The maximum atomic E-state index is 11.0. The number of hydrogen-bond donors (Lipinski definition) is 0. The average Bonchev–Trinajstić information content (AvgIpc) is 2.34. The summed E-state index contributed by atoms with van der Waals surface area (Å²) >= 11 is 4.61. The third-order valence-corrected chi connectivity index (χ3v) is 3.24. The molecule has 0 aliphatic rings. The molecule has 19 heavy (non-hydrogen) atoms. The van der Waals surface area contributed by atoms with Crippen LogP contribution in [0, 0.1) is 0 Å². The van der Waals surface area contributed by atoms with Crippen molar-refractivity contribution in [3.63, 3.8) is 0 Å². The van der Waals surface area contributed by atoms with Gasteiger partial charge in [0, 0.05) is 16.8 Å². The van der Waals surface area contributed by atoms with Gasteiger partial charge in [0.2, 0.25) is 0 Å². The van der Waals surface area contributed by atoms with E-state index < -0.39 is 11.1 Å². The first-order valence-corrected chi connectivity index (χ1v) is 7.51. The quantitative estimate of drug-likeness (QED) is 0.595. The predicted octanol–water partition coefficient (Wildman–Crippen LogP) is 3.58. The molecule has 3 nitrogen and oxygen atoms in total. The van der Waals surface area contributed by atoms with Crippen LogP contribution in [0.3, 0.4) is 0 Å². The second kappa shape index (κ2) is 7.48. The minimum atomic E-state index is -1.33. The molecule has 0 saturated carbocycles. The molecule has 0 aliphatic carbocycles. The summed E-state index contributed by atoms with van der Waals surface area (Å²) in [6.07, 6.45) is 2.88. The van der Waals surface area contributed by atoms with Gasteiger partial charge in [0.25, 0.3) is 0 Å². The summed E-state index contributed by atoms with van der Waals surface area (Å²) in [7, 11) is 1.57. The highest BCUT2D eigenvalue weighted by Crippen LogP contribution is 2.22. The van der Waals surface area contributed by atoms with E-state index >= 15 is 0 Å². The van der Waals surface area contributed by atoms with Crippen molar-refractivity contribution in [1.82, 2.24) is 0 Å². The Balaban J connectivity index is 2.93. The first-order valence-electron chi connectivity index (χ1n) is 5.65. The predicted molar refractivity (Wildman–Crippen MR) is 80.2 cm³/mol. The van der Waals surface area contributed by atoms with Crippen LogP contribution in [0.1, 0.15) is 12.5 Å². The highest BCUT2D eigenvalue weighted by atomic mass is 35.5. The zero-order valence-corrected chi connectivity index (χ0v) is 12.8. The normalized spacial score (nSPS) is 14.8. The zero-order valence-electron chi connectivity index (χ0n) is 11.2. The minimum Gasteiger partial charge on any atom is -0.496 e. The van der Waals surface area contributed by atoms with Crippen LogP contribution in [0.2, 0.25) is 5.02 Å². The van der Waals surface area contributed by atoms with Gasteiger partial charge in [-0.2, -0.15) is 0 Å². The van der Waals surface area contributed by atoms with Crippen LogP contribution in [0.5, 0.6) is 0 Å². The number of halogens is 1. The van der Waals surface area contributed by atoms with Crippen LogP contribution in [-0.4, -0.2) is 23.7 Å². The molecule has 104 valence electrons. The molecule has 0 N–H and O–H groups in total. The van der Waals surface area contributed by atoms with Crippen molar-refractivity contribution in [3.05, 3.63) is 53.1 Å². The summed E-state index contributed by atoms with van der Waals surface area (Å²) in [4.78, 5) is 0. The molecule has 0 saturated heterocycles. The molecule has 1 rings (SSSR count). The van der Waals surface area contributed by atoms with E-state index in [1.54, 1.807) is 32.2 Å². The van der Waals surface area contributed by atoms with Gasteiger partial charge in [-0.05, 0) is 30.7 Å². The number of methoxy groups -OCH3 is 1. The Morgan fingerprint density at radius 2 is 2.21 bits per heavy atom. The van der Waals surface area contributed by atoms with Gasteiger partial charge in [0.15, 0.2) is 11.1 Å². The second-order valence-electron chi connectivity index (χ2n) is 3.94. The topological polar surface area (TPSA) is 35.5 Å². The van der Waals surface area contributed by atoms with Crippen molar-refractivity contribution in [2.24, 2.45) is 0 Å². The van der Waals surface area contributed by atoms with Crippen molar-refractivity contribution in [1.29, 1.82) is 0 Å². The van der Waals surface area contributed by atoms with Crippen LogP contribution < -0.4 is 0 Å².